The van der Waals surface area contributed by atoms with Gasteiger partial charge in [-0.2, -0.15) is 13.2 Å². The highest BCUT2D eigenvalue weighted by molar-refractivity contribution is 7.82. The second kappa shape index (κ2) is 12.2. The molecule has 0 bridgehead atoms. The summed E-state index contributed by atoms with van der Waals surface area (Å²) in [6, 6.07) is 8.02. The van der Waals surface area contributed by atoms with Gasteiger partial charge in [0.2, 0.25) is 12.2 Å². The van der Waals surface area contributed by atoms with Crippen LogP contribution in [0.15, 0.2) is 53.8 Å². The zero-order valence-corrected chi connectivity index (χ0v) is 20.8. The second-order valence-electron chi connectivity index (χ2n) is 8.33. The Bertz CT molecular complexity index is 1220. The van der Waals surface area contributed by atoms with Crippen molar-refractivity contribution in [2.24, 2.45) is 0 Å². The number of nitrogens with zero attached hydrogens (tertiary/aromatic N) is 4. The number of amides is 1. The maximum atomic E-state index is 12.8. The number of carbonyl (C=O) groups excluding carboxylic acids is 1. The molecule has 1 fully saturated rings. The zero-order chi connectivity index (χ0) is 27.2. The highest BCUT2D eigenvalue weighted by atomic mass is 32.2. The lowest BCUT2D eigenvalue weighted by atomic mass is 10.1. The van der Waals surface area contributed by atoms with Gasteiger partial charge in [-0.25, -0.2) is 22.9 Å². The fourth-order valence-corrected chi connectivity index (χ4v) is 5.20. The number of hydrogen-bond acceptors (Lipinski definition) is 6. The van der Waals surface area contributed by atoms with E-state index in [1.165, 1.54) is 18.2 Å². The van der Waals surface area contributed by atoms with Crippen LogP contribution in [-0.2, 0) is 28.5 Å². The molecule has 1 aromatic carbocycles. The van der Waals surface area contributed by atoms with Gasteiger partial charge in [0.1, 0.15) is 22.6 Å². The first-order valence-corrected chi connectivity index (χ1v) is 12.3. The topological polar surface area (TPSA) is 108 Å². The predicted octanol–water partition coefficient (Wildman–Crippen LogP) is 4.23. The third-order valence-corrected chi connectivity index (χ3v) is 7.40. The minimum Gasteiger partial charge on any atom is -0.506 e. The number of aromatic hydroxyl groups is 1. The highest BCUT2D eigenvalue weighted by Crippen LogP contribution is 2.29. The van der Waals surface area contributed by atoms with E-state index in [2.05, 4.69) is 34.1 Å². The minimum absolute atomic E-state index is 0.0619. The molecule has 2 aromatic heterocycles. The molecule has 3 aromatic rings. The summed E-state index contributed by atoms with van der Waals surface area (Å²) in [4.78, 5) is 21.3. The van der Waals surface area contributed by atoms with Crippen molar-refractivity contribution in [3.8, 4) is 17.0 Å². The number of aromatic nitrogens is 3. The number of carbonyl (C=O) groups is 1. The molecular weight excluding hydrogens is 514 g/mol. The van der Waals surface area contributed by atoms with Gasteiger partial charge >= 0.3 is 6.18 Å². The van der Waals surface area contributed by atoms with Crippen LogP contribution in [0.4, 0.5) is 17.6 Å². The van der Waals surface area contributed by atoms with Crippen LogP contribution in [0.2, 0.25) is 0 Å². The first-order valence-electron chi connectivity index (χ1n) is 11.2. The van der Waals surface area contributed by atoms with Gasteiger partial charge < -0.3 is 10.4 Å². The van der Waals surface area contributed by atoms with Gasteiger partial charge in [0.15, 0.2) is 0 Å². The summed E-state index contributed by atoms with van der Waals surface area (Å²) in [5.41, 5.74) is 0.909. The maximum Gasteiger partial charge on any atom is 0.451 e. The lowest BCUT2D eigenvalue weighted by Gasteiger charge is -2.24. The molecule has 3 atom stereocenters. The third kappa shape index (κ3) is 7.29. The Balaban J connectivity index is 0.000000213. The van der Waals surface area contributed by atoms with E-state index in [1.54, 1.807) is 12.1 Å². The van der Waals surface area contributed by atoms with Crippen LogP contribution in [-0.4, -0.2) is 47.1 Å². The number of pyridine rings is 1. The Morgan fingerprint density at radius 3 is 2.22 bits per heavy atom. The Morgan fingerprint density at radius 1 is 1.08 bits per heavy atom. The molecule has 3 unspecified atom stereocenters. The quantitative estimate of drug-likeness (QED) is 0.359. The van der Waals surface area contributed by atoms with Crippen LogP contribution >= 0.6 is 0 Å². The molecule has 13 heteroatoms. The van der Waals surface area contributed by atoms with Crippen molar-refractivity contribution in [2.45, 2.75) is 56.4 Å². The number of benzene rings is 1. The number of rotatable bonds is 6. The minimum atomic E-state index is -4.61. The molecule has 1 saturated heterocycles. The molecule has 8 nitrogen and oxygen atoms in total. The van der Waals surface area contributed by atoms with Gasteiger partial charge in [0, 0.05) is 42.1 Å². The summed E-state index contributed by atoms with van der Waals surface area (Å²) < 4.78 is 64.2. The summed E-state index contributed by atoms with van der Waals surface area (Å²) >= 11 is 0. The summed E-state index contributed by atoms with van der Waals surface area (Å²) in [5.74, 6) is -1.67. The Hall–Kier alpha value is -3.45. The van der Waals surface area contributed by atoms with Crippen molar-refractivity contribution in [3.63, 3.8) is 0 Å². The zero-order valence-electron chi connectivity index (χ0n) is 19.9. The maximum absolute atomic E-state index is 12.8. The molecular formula is C24H25F4N5O3S. The van der Waals surface area contributed by atoms with Crippen LogP contribution in [0.3, 0.4) is 0 Å². The average Bonchev–Trinajstić information content (AvgIpc) is 3.21. The number of halogens is 4. The number of hydrogen-bond donors (Lipinski definition) is 2. The molecule has 0 saturated carbocycles. The van der Waals surface area contributed by atoms with Crippen LogP contribution in [0.25, 0.3) is 11.3 Å². The van der Waals surface area contributed by atoms with Crippen LogP contribution in [0, 0.1) is 5.82 Å². The van der Waals surface area contributed by atoms with E-state index in [4.69, 9.17) is 0 Å². The number of alkyl halides is 3. The monoisotopic (exact) mass is 539 g/mol. The van der Waals surface area contributed by atoms with E-state index in [-0.39, 0.29) is 29.4 Å². The van der Waals surface area contributed by atoms with Crippen molar-refractivity contribution >= 4 is 17.4 Å². The standard InChI is InChI=1S/C12H9F3N4O2.C12H16FNOS/c13-12(14,15)11-18-3-8(4-19-11)9-1-7(2-16-6-20)10(21)5-17-9;1-9-3-4-10(2)14(9)16(15)12-7-5-11(13)6-8-12/h1,3-6,21H,2H2,(H,16,20);5-10H,3-4H2,1-2H3. The van der Waals surface area contributed by atoms with Crippen LogP contribution in [0.5, 0.6) is 5.75 Å². The van der Waals surface area contributed by atoms with Gasteiger partial charge in [-0.15, -0.1) is 0 Å². The van der Waals surface area contributed by atoms with Crippen molar-refractivity contribution < 1.29 is 31.7 Å². The summed E-state index contributed by atoms with van der Waals surface area (Å²) in [6.07, 6.45) is 1.12. The normalized spacial score (nSPS) is 18.5. The average molecular weight is 540 g/mol. The van der Waals surface area contributed by atoms with Gasteiger partial charge in [-0.1, -0.05) is 0 Å². The molecule has 0 spiro atoms. The molecule has 2 N–H and O–H groups in total. The fraction of sp³-hybridized carbons (Fsp3) is 0.333. The van der Waals surface area contributed by atoms with Gasteiger partial charge in [-0.3, -0.25) is 9.78 Å². The van der Waals surface area contributed by atoms with Gasteiger partial charge in [-0.05, 0) is 57.0 Å². The highest BCUT2D eigenvalue weighted by Gasteiger charge is 2.34. The molecule has 3 heterocycles. The predicted molar refractivity (Wildman–Crippen MR) is 128 cm³/mol. The molecule has 0 aliphatic carbocycles. The largest absolute Gasteiger partial charge is 0.506 e. The molecule has 1 aliphatic rings. The lowest BCUT2D eigenvalue weighted by Crippen LogP contribution is -2.34. The smallest absolute Gasteiger partial charge is 0.451 e. The van der Waals surface area contributed by atoms with E-state index >= 15 is 0 Å². The van der Waals surface area contributed by atoms with E-state index in [1.807, 2.05) is 4.31 Å². The first-order chi connectivity index (χ1) is 17.5. The van der Waals surface area contributed by atoms with Crippen LogP contribution < -0.4 is 5.32 Å². The van der Waals surface area contributed by atoms with Gasteiger partial charge in [0.05, 0.1) is 16.8 Å². The first kappa shape index (κ1) is 28.1. The fourth-order valence-electron chi connectivity index (χ4n) is 3.72. The van der Waals surface area contributed by atoms with Crippen molar-refractivity contribution in [2.75, 3.05) is 0 Å². The van der Waals surface area contributed by atoms with Crippen molar-refractivity contribution in [1.82, 2.24) is 24.6 Å². The molecule has 198 valence electrons. The third-order valence-electron chi connectivity index (χ3n) is 5.62. The van der Waals surface area contributed by atoms with E-state index in [9.17, 15) is 31.7 Å². The SMILES string of the molecule is CC1CCC(C)N1S(=O)c1ccc(F)cc1.O=CNCc1cc(-c2cnc(C(F)(F)F)nc2)ncc1O. The van der Waals surface area contributed by atoms with Crippen molar-refractivity contribution in [1.29, 1.82) is 0 Å². The number of nitrogens with one attached hydrogen (secondary N) is 1. The molecule has 1 amide bonds. The van der Waals surface area contributed by atoms with E-state index in [0.29, 0.717) is 29.0 Å². The lowest BCUT2D eigenvalue weighted by molar-refractivity contribution is -0.145. The summed E-state index contributed by atoms with van der Waals surface area (Å²) in [7, 11) is -1.16. The Labute approximate surface area is 213 Å². The van der Waals surface area contributed by atoms with Gasteiger partial charge in [0.25, 0.3) is 0 Å². The van der Waals surface area contributed by atoms with Crippen molar-refractivity contribution in [3.05, 3.63) is 66.1 Å². The summed E-state index contributed by atoms with van der Waals surface area (Å²) in [6.45, 7) is 4.24. The summed E-state index contributed by atoms with van der Waals surface area (Å²) in [5, 5.41) is 11.9. The Kier molecular flexibility index (Phi) is 9.27. The Morgan fingerprint density at radius 2 is 1.68 bits per heavy atom. The molecule has 1 aliphatic heterocycles. The van der Waals surface area contributed by atoms with E-state index in [0.717, 1.165) is 31.4 Å². The van der Waals surface area contributed by atoms with E-state index < -0.39 is 23.0 Å². The molecule has 37 heavy (non-hydrogen) atoms. The molecule has 4 rings (SSSR count). The molecule has 0 radical (unpaired) electrons. The van der Waals surface area contributed by atoms with Crippen LogP contribution in [0.1, 0.15) is 38.1 Å². The second-order valence-corrected chi connectivity index (χ2v) is 9.72.